The van der Waals surface area contributed by atoms with E-state index < -0.39 is 12.2 Å². The number of hydrogen-bond acceptors (Lipinski definition) is 3. The molecule has 0 aromatic carbocycles. The van der Waals surface area contributed by atoms with Crippen LogP contribution in [0.3, 0.4) is 0 Å². The average Bonchev–Trinajstić information content (AvgIpc) is 2.49. The fraction of sp³-hybridized carbons (Fsp3) is 0.929. The SMILES string of the molecule is CCNC(=NCCCSC)N1CCN(C(C)C(F)(F)F)CC1.I. The molecule has 4 nitrogen and oxygen atoms in total. The van der Waals surface area contributed by atoms with E-state index in [0.717, 1.165) is 31.2 Å². The van der Waals surface area contributed by atoms with E-state index in [1.54, 1.807) is 11.8 Å². The Hall–Kier alpha value is 0.1000. The number of thioether (sulfide) groups is 1. The second-order valence-electron chi connectivity index (χ2n) is 5.32. The Morgan fingerprint density at radius 3 is 2.35 bits per heavy atom. The second kappa shape index (κ2) is 11.6. The maximum atomic E-state index is 12.8. The number of nitrogens with zero attached hydrogens (tertiary/aromatic N) is 3. The minimum Gasteiger partial charge on any atom is -0.357 e. The zero-order valence-corrected chi connectivity index (χ0v) is 17.2. The highest BCUT2D eigenvalue weighted by Gasteiger charge is 2.41. The molecule has 1 aliphatic heterocycles. The van der Waals surface area contributed by atoms with Gasteiger partial charge in [0.05, 0.1) is 0 Å². The van der Waals surface area contributed by atoms with Gasteiger partial charge in [-0.15, -0.1) is 24.0 Å². The number of halogens is 4. The lowest BCUT2D eigenvalue weighted by Crippen LogP contribution is -2.56. The van der Waals surface area contributed by atoms with Crippen molar-refractivity contribution in [2.45, 2.75) is 32.5 Å². The lowest BCUT2D eigenvalue weighted by molar-refractivity contribution is -0.181. The van der Waals surface area contributed by atoms with Gasteiger partial charge in [0.15, 0.2) is 5.96 Å². The van der Waals surface area contributed by atoms with Gasteiger partial charge in [0.2, 0.25) is 0 Å². The first-order valence-electron chi connectivity index (χ1n) is 7.73. The molecule has 1 heterocycles. The number of rotatable bonds is 6. The molecule has 9 heteroatoms. The standard InChI is InChI=1S/C14H27F3N4S.HI/c1-4-18-13(19-6-5-11-22-3)21-9-7-20(8-10-21)12(2)14(15,16)17;/h12H,4-11H2,1-3H3,(H,18,19);1H. The molecule has 0 aromatic rings. The van der Waals surface area contributed by atoms with Crippen molar-refractivity contribution in [3.63, 3.8) is 0 Å². The van der Waals surface area contributed by atoms with Crippen LogP contribution in [0.25, 0.3) is 0 Å². The van der Waals surface area contributed by atoms with Crippen LogP contribution in [0, 0.1) is 0 Å². The summed E-state index contributed by atoms with van der Waals surface area (Å²) in [6.07, 6.45) is -1.07. The van der Waals surface area contributed by atoms with Gasteiger partial charge in [0.25, 0.3) is 0 Å². The molecule has 1 aliphatic rings. The third-order valence-corrected chi connectivity index (χ3v) is 4.44. The first-order chi connectivity index (χ1) is 10.4. The maximum absolute atomic E-state index is 12.8. The maximum Gasteiger partial charge on any atom is 0.403 e. The number of hydrogen-bond donors (Lipinski definition) is 1. The van der Waals surface area contributed by atoms with E-state index in [-0.39, 0.29) is 24.0 Å². The van der Waals surface area contributed by atoms with E-state index in [1.165, 1.54) is 11.8 Å². The Morgan fingerprint density at radius 2 is 1.87 bits per heavy atom. The average molecular weight is 468 g/mol. The van der Waals surface area contributed by atoms with Crippen molar-refractivity contribution >= 4 is 41.7 Å². The molecule has 0 aliphatic carbocycles. The van der Waals surface area contributed by atoms with Crippen molar-refractivity contribution in [2.24, 2.45) is 4.99 Å². The summed E-state index contributed by atoms with van der Waals surface area (Å²) in [6.45, 7) is 6.73. The van der Waals surface area contributed by atoms with Crippen LogP contribution in [0.15, 0.2) is 4.99 Å². The van der Waals surface area contributed by atoms with Crippen molar-refractivity contribution < 1.29 is 13.2 Å². The minimum atomic E-state index is -4.15. The van der Waals surface area contributed by atoms with Crippen LogP contribution >= 0.6 is 35.7 Å². The number of alkyl halides is 3. The predicted octanol–water partition coefficient (Wildman–Crippen LogP) is 2.89. The highest BCUT2D eigenvalue weighted by Crippen LogP contribution is 2.25. The molecule has 0 bridgehead atoms. The molecule has 1 unspecified atom stereocenters. The van der Waals surface area contributed by atoms with Gasteiger partial charge in [0, 0.05) is 39.3 Å². The summed E-state index contributed by atoms with van der Waals surface area (Å²) in [5.74, 6) is 1.89. The summed E-state index contributed by atoms with van der Waals surface area (Å²) in [5.41, 5.74) is 0. The molecule has 23 heavy (non-hydrogen) atoms. The highest BCUT2D eigenvalue weighted by atomic mass is 127. The Balaban J connectivity index is 0.00000484. The molecule has 0 aromatic heterocycles. The Labute approximate surface area is 158 Å². The zero-order chi connectivity index (χ0) is 16.6. The van der Waals surface area contributed by atoms with Crippen molar-refractivity contribution in [1.82, 2.24) is 15.1 Å². The van der Waals surface area contributed by atoms with Crippen molar-refractivity contribution in [3.05, 3.63) is 0 Å². The Morgan fingerprint density at radius 1 is 1.26 bits per heavy atom. The van der Waals surface area contributed by atoms with Crippen LogP contribution in [0.2, 0.25) is 0 Å². The van der Waals surface area contributed by atoms with Gasteiger partial charge >= 0.3 is 6.18 Å². The van der Waals surface area contributed by atoms with Crippen LogP contribution < -0.4 is 5.32 Å². The first-order valence-corrected chi connectivity index (χ1v) is 9.12. The van der Waals surface area contributed by atoms with E-state index in [2.05, 4.69) is 21.5 Å². The third-order valence-electron chi connectivity index (χ3n) is 3.74. The predicted molar refractivity (Wildman–Crippen MR) is 103 cm³/mol. The summed E-state index contributed by atoms with van der Waals surface area (Å²) in [4.78, 5) is 8.12. The third kappa shape index (κ3) is 8.15. The molecule has 1 fully saturated rings. The molecule has 138 valence electrons. The normalized spacial score (nSPS) is 18.5. The van der Waals surface area contributed by atoms with E-state index in [0.29, 0.717) is 26.2 Å². The van der Waals surface area contributed by atoms with E-state index >= 15 is 0 Å². The smallest absolute Gasteiger partial charge is 0.357 e. The number of piperazine rings is 1. The van der Waals surface area contributed by atoms with Crippen LogP contribution in [-0.4, -0.2) is 79.3 Å². The molecular weight excluding hydrogens is 440 g/mol. The van der Waals surface area contributed by atoms with Crippen molar-refractivity contribution in [3.8, 4) is 0 Å². The van der Waals surface area contributed by atoms with Gasteiger partial charge < -0.3 is 10.2 Å². The topological polar surface area (TPSA) is 30.9 Å². The van der Waals surface area contributed by atoms with Crippen LogP contribution in [0.1, 0.15) is 20.3 Å². The molecule has 1 saturated heterocycles. The quantitative estimate of drug-likeness (QED) is 0.281. The van der Waals surface area contributed by atoms with Gasteiger partial charge in [-0.25, -0.2) is 0 Å². The lowest BCUT2D eigenvalue weighted by atomic mass is 10.2. The fourth-order valence-corrected chi connectivity index (χ4v) is 2.77. The van der Waals surface area contributed by atoms with Gasteiger partial charge in [-0.2, -0.15) is 24.9 Å². The Bertz CT molecular complexity index is 347. The zero-order valence-electron chi connectivity index (χ0n) is 14.0. The van der Waals surface area contributed by atoms with Gasteiger partial charge in [-0.3, -0.25) is 9.89 Å². The van der Waals surface area contributed by atoms with Crippen molar-refractivity contribution in [1.29, 1.82) is 0 Å². The van der Waals surface area contributed by atoms with Crippen LogP contribution in [-0.2, 0) is 0 Å². The molecule has 0 radical (unpaired) electrons. The fourth-order valence-electron chi connectivity index (χ4n) is 2.35. The minimum absolute atomic E-state index is 0. The van der Waals surface area contributed by atoms with E-state index in [1.807, 2.05) is 6.92 Å². The van der Waals surface area contributed by atoms with E-state index in [9.17, 15) is 13.2 Å². The van der Waals surface area contributed by atoms with Gasteiger partial charge in [0.1, 0.15) is 6.04 Å². The molecule has 0 amide bonds. The number of nitrogens with one attached hydrogen (secondary N) is 1. The molecule has 0 spiro atoms. The number of guanidine groups is 1. The Kier molecular flexibility index (Phi) is 11.7. The summed E-state index contributed by atoms with van der Waals surface area (Å²) in [5, 5.41) is 3.23. The molecule has 1 rings (SSSR count). The monoisotopic (exact) mass is 468 g/mol. The van der Waals surface area contributed by atoms with Crippen molar-refractivity contribution in [2.75, 3.05) is 51.3 Å². The van der Waals surface area contributed by atoms with E-state index in [4.69, 9.17) is 0 Å². The molecule has 1 N–H and O–H groups in total. The largest absolute Gasteiger partial charge is 0.403 e. The summed E-state index contributed by atoms with van der Waals surface area (Å²) >= 11 is 1.79. The molecule has 1 atom stereocenters. The molecular formula is C14H28F3IN4S. The van der Waals surface area contributed by atoms with Crippen LogP contribution in [0.4, 0.5) is 13.2 Å². The summed E-state index contributed by atoms with van der Waals surface area (Å²) < 4.78 is 38.3. The second-order valence-corrected chi connectivity index (χ2v) is 6.31. The van der Waals surface area contributed by atoms with Gasteiger partial charge in [-0.05, 0) is 32.3 Å². The van der Waals surface area contributed by atoms with Gasteiger partial charge in [-0.1, -0.05) is 0 Å². The van der Waals surface area contributed by atoms with Crippen LogP contribution in [0.5, 0.6) is 0 Å². The summed E-state index contributed by atoms with van der Waals surface area (Å²) in [6, 6.07) is -1.38. The molecule has 0 saturated carbocycles. The number of aliphatic imine (C=N–C) groups is 1. The summed E-state index contributed by atoms with van der Waals surface area (Å²) in [7, 11) is 0. The highest BCUT2D eigenvalue weighted by molar-refractivity contribution is 14.0. The lowest BCUT2D eigenvalue weighted by Gasteiger charge is -2.39. The first kappa shape index (κ1) is 23.1.